The SMILES string of the molecule is O=S(=O)(N=C1CCCCO1)C(F)(F)F. The van der Waals surface area contributed by atoms with E-state index in [1.54, 1.807) is 0 Å². The first-order chi connectivity index (χ1) is 6.33. The molecule has 0 atom stereocenters. The Morgan fingerprint density at radius 3 is 2.36 bits per heavy atom. The van der Waals surface area contributed by atoms with Crippen LogP contribution in [0.1, 0.15) is 19.3 Å². The minimum Gasteiger partial charge on any atom is -0.480 e. The summed E-state index contributed by atoms with van der Waals surface area (Å²) in [6, 6.07) is 0. The summed E-state index contributed by atoms with van der Waals surface area (Å²) >= 11 is 0. The van der Waals surface area contributed by atoms with E-state index in [0.29, 0.717) is 12.8 Å². The Bertz CT molecular complexity index is 325. The highest BCUT2D eigenvalue weighted by atomic mass is 32.2. The van der Waals surface area contributed by atoms with E-state index < -0.39 is 15.5 Å². The molecular formula is C6H8F3NO3S. The van der Waals surface area contributed by atoms with Crippen LogP contribution >= 0.6 is 0 Å². The van der Waals surface area contributed by atoms with E-state index in [-0.39, 0.29) is 18.9 Å². The Morgan fingerprint density at radius 1 is 1.29 bits per heavy atom. The van der Waals surface area contributed by atoms with Gasteiger partial charge in [-0.05, 0) is 12.8 Å². The second-order valence-electron chi connectivity index (χ2n) is 2.71. The minimum absolute atomic E-state index is 0.134. The van der Waals surface area contributed by atoms with Crippen LogP contribution in [0.4, 0.5) is 13.2 Å². The van der Waals surface area contributed by atoms with Crippen molar-refractivity contribution in [1.29, 1.82) is 0 Å². The number of rotatable bonds is 1. The number of ether oxygens (including phenoxy) is 1. The highest BCUT2D eigenvalue weighted by Gasteiger charge is 2.46. The van der Waals surface area contributed by atoms with Gasteiger partial charge in [-0.2, -0.15) is 21.6 Å². The Hall–Kier alpha value is -0.790. The predicted molar refractivity (Wildman–Crippen MR) is 42.2 cm³/mol. The summed E-state index contributed by atoms with van der Waals surface area (Å²) in [5.74, 6) is -0.353. The van der Waals surface area contributed by atoms with Crippen LogP contribution in [-0.4, -0.2) is 26.4 Å². The quantitative estimate of drug-likeness (QED) is 0.686. The highest BCUT2D eigenvalue weighted by molar-refractivity contribution is 7.91. The lowest BCUT2D eigenvalue weighted by Crippen LogP contribution is -2.24. The molecule has 0 amide bonds. The van der Waals surface area contributed by atoms with Crippen LogP contribution in [0.25, 0.3) is 0 Å². The molecule has 0 bridgehead atoms. The molecule has 1 rings (SSSR count). The third kappa shape index (κ3) is 2.60. The van der Waals surface area contributed by atoms with Gasteiger partial charge in [-0.1, -0.05) is 0 Å². The smallest absolute Gasteiger partial charge is 0.480 e. The van der Waals surface area contributed by atoms with Crippen molar-refractivity contribution in [3.63, 3.8) is 0 Å². The van der Waals surface area contributed by atoms with Crippen molar-refractivity contribution in [2.24, 2.45) is 4.40 Å². The first kappa shape index (κ1) is 11.3. The molecule has 0 radical (unpaired) electrons. The molecule has 4 nitrogen and oxygen atoms in total. The molecule has 0 aliphatic carbocycles. The lowest BCUT2D eigenvalue weighted by molar-refractivity contribution is -0.0436. The zero-order valence-electron chi connectivity index (χ0n) is 7.04. The highest BCUT2D eigenvalue weighted by Crippen LogP contribution is 2.25. The van der Waals surface area contributed by atoms with Crippen LogP contribution in [0.5, 0.6) is 0 Å². The Kier molecular flexibility index (Phi) is 3.03. The van der Waals surface area contributed by atoms with Gasteiger partial charge in [0.25, 0.3) is 0 Å². The van der Waals surface area contributed by atoms with Gasteiger partial charge < -0.3 is 4.74 Å². The van der Waals surface area contributed by atoms with E-state index >= 15 is 0 Å². The summed E-state index contributed by atoms with van der Waals surface area (Å²) in [7, 11) is -5.43. The van der Waals surface area contributed by atoms with Crippen LogP contribution in [0, 0.1) is 0 Å². The second-order valence-corrected chi connectivity index (χ2v) is 4.31. The lowest BCUT2D eigenvalue weighted by Gasteiger charge is -2.14. The summed E-state index contributed by atoms with van der Waals surface area (Å²) in [5, 5.41) is 0. The van der Waals surface area contributed by atoms with Gasteiger partial charge in [0.05, 0.1) is 6.61 Å². The number of hydrogen-bond acceptors (Lipinski definition) is 3. The van der Waals surface area contributed by atoms with Gasteiger partial charge in [0.2, 0.25) is 0 Å². The topological polar surface area (TPSA) is 55.7 Å². The van der Waals surface area contributed by atoms with Gasteiger partial charge in [-0.15, -0.1) is 4.40 Å². The van der Waals surface area contributed by atoms with Gasteiger partial charge in [-0.3, -0.25) is 0 Å². The lowest BCUT2D eigenvalue weighted by atomic mass is 10.2. The van der Waals surface area contributed by atoms with Crippen molar-refractivity contribution in [3.8, 4) is 0 Å². The number of nitrogens with zero attached hydrogens (tertiary/aromatic N) is 1. The fourth-order valence-corrected chi connectivity index (χ4v) is 1.41. The first-order valence-corrected chi connectivity index (χ1v) is 5.30. The van der Waals surface area contributed by atoms with E-state index in [2.05, 4.69) is 9.13 Å². The molecule has 1 heterocycles. The number of halogens is 3. The van der Waals surface area contributed by atoms with Crippen LogP contribution in [-0.2, 0) is 14.8 Å². The molecule has 0 N–H and O–H groups in total. The van der Waals surface area contributed by atoms with Crippen molar-refractivity contribution in [2.45, 2.75) is 24.8 Å². The van der Waals surface area contributed by atoms with E-state index in [4.69, 9.17) is 0 Å². The Labute approximate surface area is 78.8 Å². The molecule has 8 heteroatoms. The maximum atomic E-state index is 11.8. The van der Waals surface area contributed by atoms with E-state index in [1.807, 2.05) is 0 Å². The third-order valence-corrected chi connectivity index (χ3v) is 2.60. The van der Waals surface area contributed by atoms with Crippen LogP contribution in [0.15, 0.2) is 4.40 Å². The monoisotopic (exact) mass is 231 g/mol. The van der Waals surface area contributed by atoms with E-state index in [1.165, 1.54) is 0 Å². The molecule has 1 saturated heterocycles. The van der Waals surface area contributed by atoms with Crippen molar-refractivity contribution in [2.75, 3.05) is 6.61 Å². The normalized spacial score (nSPS) is 22.1. The average molecular weight is 231 g/mol. The molecule has 0 aromatic rings. The molecule has 0 aromatic heterocycles. The molecule has 1 aliphatic rings. The predicted octanol–water partition coefficient (Wildman–Crippen LogP) is 1.44. The van der Waals surface area contributed by atoms with Gasteiger partial charge >= 0.3 is 15.5 Å². The molecule has 1 aliphatic heterocycles. The Morgan fingerprint density at radius 2 is 1.93 bits per heavy atom. The molecule has 1 fully saturated rings. The zero-order chi connectivity index (χ0) is 10.8. The molecule has 0 unspecified atom stereocenters. The largest absolute Gasteiger partial charge is 0.518 e. The maximum absolute atomic E-state index is 11.8. The summed E-state index contributed by atoms with van der Waals surface area (Å²) in [5.41, 5.74) is -5.35. The second kappa shape index (κ2) is 3.76. The number of alkyl halides is 3. The van der Waals surface area contributed by atoms with Crippen LogP contribution < -0.4 is 0 Å². The van der Waals surface area contributed by atoms with Crippen LogP contribution in [0.2, 0.25) is 0 Å². The molecule has 0 saturated carbocycles. The van der Waals surface area contributed by atoms with Gasteiger partial charge in [0.15, 0.2) is 5.90 Å². The van der Waals surface area contributed by atoms with Crippen molar-refractivity contribution < 1.29 is 26.3 Å². The summed E-state index contributed by atoms with van der Waals surface area (Å²) in [6.45, 7) is 0.214. The summed E-state index contributed by atoms with van der Waals surface area (Å²) in [4.78, 5) is 0. The number of sulfonamides is 1. The molecular weight excluding hydrogens is 223 g/mol. The summed E-state index contributed by atoms with van der Waals surface area (Å²) in [6.07, 6.45) is 1.42. The minimum atomic E-state index is -5.43. The third-order valence-electron chi connectivity index (χ3n) is 1.57. The van der Waals surface area contributed by atoms with Gasteiger partial charge in [-0.25, -0.2) is 0 Å². The first-order valence-electron chi connectivity index (χ1n) is 3.86. The molecule has 0 spiro atoms. The van der Waals surface area contributed by atoms with E-state index in [9.17, 15) is 21.6 Å². The van der Waals surface area contributed by atoms with Crippen molar-refractivity contribution in [1.82, 2.24) is 0 Å². The molecule has 0 aromatic carbocycles. The fraction of sp³-hybridized carbons (Fsp3) is 0.833. The van der Waals surface area contributed by atoms with E-state index in [0.717, 1.165) is 0 Å². The zero-order valence-corrected chi connectivity index (χ0v) is 7.86. The standard InChI is InChI=1S/C6H8F3NO3S/c7-6(8,9)14(11,12)10-5-3-1-2-4-13-5/h1-4H2. The summed E-state index contributed by atoms with van der Waals surface area (Å²) < 4.78 is 63.8. The van der Waals surface area contributed by atoms with Crippen LogP contribution in [0.3, 0.4) is 0 Å². The van der Waals surface area contributed by atoms with Crippen molar-refractivity contribution in [3.05, 3.63) is 0 Å². The van der Waals surface area contributed by atoms with Gasteiger partial charge in [0, 0.05) is 6.42 Å². The van der Waals surface area contributed by atoms with Gasteiger partial charge in [0.1, 0.15) is 0 Å². The number of hydrogen-bond donors (Lipinski definition) is 0. The maximum Gasteiger partial charge on any atom is 0.518 e. The molecule has 14 heavy (non-hydrogen) atoms. The molecule has 82 valence electrons. The van der Waals surface area contributed by atoms with Crippen molar-refractivity contribution >= 4 is 15.9 Å². The fourth-order valence-electron chi connectivity index (χ4n) is 0.898. The average Bonchev–Trinajstić information content (AvgIpc) is 2.03. The Balaban J connectivity index is 2.85.